The highest BCUT2D eigenvalue weighted by molar-refractivity contribution is 6.32. The highest BCUT2D eigenvalue weighted by Gasteiger charge is 2.18. The number of carbonyl (C=O) groups is 1. The quantitative estimate of drug-likeness (QED) is 0.779. The maximum atomic E-state index is 11.8. The number of benzene rings is 1. The molecule has 0 atom stereocenters. The minimum absolute atomic E-state index is 0.201. The van der Waals surface area contributed by atoms with Crippen molar-refractivity contribution in [3.63, 3.8) is 0 Å². The number of ether oxygens (including phenoxy) is 3. The number of rotatable bonds is 4. The monoisotopic (exact) mass is 258 g/mol. The van der Waals surface area contributed by atoms with E-state index < -0.39 is 5.97 Å². The van der Waals surface area contributed by atoms with Gasteiger partial charge in [0.15, 0.2) is 0 Å². The molecular weight excluding hydrogens is 244 g/mol. The molecule has 0 heterocycles. The van der Waals surface area contributed by atoms with Gasteiger partial charge in [0, 0.05) is 6.07 Å². The first-order valence-electron chi connectivity index (χ1n) is 5.12. The Morgan fingerprint density at radius 1 is 1.18 bits per heavy atom. The van der Waals surface area contributed by atoms with E-state index in [9.17, 15) is 4.79 Å². The maximum absolute atomic E-state index is 11.8. The molecule has 1 aromatic rings. The highest BCUT2D eigenvalue weighted by atomic mass is 35.5. The van der Waals surface area contributed by atoms with E-state index in [4.69, 9.17) is 25.8 Å². The first-order chi connectivity index (χ1) is 7.99. The van der Waals surface area contributed by atoms with Gasteiger partial charge in [-0.2, -0.15) is 0 Å². The second kappa shape index (κ2) is 5.77. The third-order valence-corrected chi connectivity index (χ3v) is 2.33. The van der Waals surface area contributed by atoms with E-state index in [2.05, 4.69) is 0 Å². The Kier molecular flexibility index (Phi) is 4.63. The lowest BCUT2D eigenvalue weighted by Crippen LogP contribution is -2.12. The molecule has 0 radical (unpaired) electrons. The Morgan fingerprint density at radius 2 is 1.76 bits per heavy atom. The molecule has 0 aromatic heterocycles. The fourth-order valence-electron chi connectivity index (χ4n) is 1.30. The van der Waals surface area contributed by atoms with Crippen LogP contribution in [0.5, 0.6) is 11.5 Å². The van der Waals surface area contributed by atoms with Crippen molar-refractivity contribution < 1.29 is 19.0 Å². The summed E-state index contributed by atoms with van der Waals surface area (Å²) >= 11 is 5.95. The maximum Gasteiger partial charge on any atom is 0.342 e. The number of esters is 1. The summed E-state index contributed by atoms with van der Waals surface area (Å²) < 4.78 is 15.2. The van der Waals surface area contributed by atoms with Crippen LogP contribution in [-0.2, 0) is 4.74 Å². The van der Waals surface area contributed by atoms with E-state index in [0.717, 1.165) is 0 Å². The zero-order valence-corrected chi connectivity index (χ0v) is 11.0. The van der Waals surface area contributed by atoms with E-state index in [1.54, 1.807) is 19.9 Å². The Hall–Kier alpha value is -1.42. The molecule has 0 fully saturated rings. The van der Waals surface area contributed by atoms with Gasteiger partial charge in [0.1, 0.15) is 17.1 Å². The molecule has 17 heavy (non-hydrogen) atoms. The smallest absolute Gasteiger partial charge is 0.342 e. The number of hydrogen-bond donors (Lipinski definition) is 0. The largest absolute Gasteiger partial charge is 0.496 e. The Labute approximate surface area is 105 Å². The van der Waals surface area contributed by atoms with Crippen LogP contribution in [0.25, 0.3) is 0 Å². The molecule has 1 rings (SSSR count). The SMILES string of the molecule is COc1cc(OC)c(C(=O)OC(C)C)cc1Cl. The van der Waals surface area contributed by atoms with Gasteiger partial charge in [0.05, 0.1) is 25.3 Å². The fourth-order valence-corrected chi connectivity index (χ4v) is 1.54. The van der Waals surface area contributed by atoms with Crippen LogP contribution in [0.3, 0.4) is 0 Å². The Bertz CT molecular complexity index is 415. The van der Waals surface area contributed by atoms with Crippen molar-refractivity contribution in [1.29, 1.82) is 0 Å². The van der Waals surface area contributed by atoms with Crippen molar-refractivity contribution in [2.75, 3.05) is 14.2 Å². The van der Waals surface area contributed by atoms with Gasteiger partial charge in [-0.05, 0) is 19.9 Å². The third kappa shape index (κ3) is 3.27. The number of halogens is 1. The van der Waals surface area contributed by atoms with Crippen molar-refractivity contribution >= 4 is 17.6 Å². The summed E-state index contributed by atoms with van der Waals surface area (Å²) in [4.78, 5) is 11.8. The predicted molar refractivity (Wildman–Crippen MR) is 65.1 cm³/mol. The molecule has 0 saturated carbocycles. The molecule has 0 aliphatic heterocycles. The van der Waals surface area contributed by atoms with Crippen LogP contribution < -0.4 is 9.47 Å². The summed E-state index contributed by atoms with van der Waals surface area (Å²) in [5.74, 6) is 0.350. The molecule has 0 unspecified atom stereocenters. The molecule has 4 nitrogen and oxygen atoms in total. The molecule has 5 heteroatoms. The fraction of sp³-hybridized carbons (Fsp3) is 0.417. The number of hydrogen-bond acceptors (Lipinski definition) is 4. The zero-order chi connectivity index (χ0) is 13.0. The first kappa shape index (κ1) is 13.6. The molecule has 1 aromatic carbocycles. The number of carbonyl (C=O) groups excluding carboxylic acids is 1. The van der Waals surface area contributed by atoms with Crippen molar-refractivity contribution in [3.8, 4) is 11.5 Å². The van der Waals surface area contributed by atoms with Crippen LogP contribution in [0.15, 0.2) is 12.1 Å². The van der Waals surface area contributed by atoms with E-state index in [-0.39, 0.29) is 11.7 Å². The average molecular weight is 259 g/mol. The van der Waals surface area contributed by atoms with Gasteiger partial charge in [0.25, 0.3) is 0 Å². The second-order valence-electron chi connectivity index (χ2n) is 3.64. The van der Waals surface area contributed by atoms with Crippen LogP contribution in [0.4, 0.5) is 0 Å². The van der Waals surface area contributed by atoms with E-state index in [0.29, 0.717) is 16.5 Å². The summed E-state index contributed by atoms with van der Waals surface area (Å²) in [6, 6.07) is 3.03. The van der Waals surface area contributed by atoms with Crippen molar-refractivity contribution in [1.82, 2.24) is 0 Å². The van der Waals surface area contributed by atoms with Gasteiger partial charge in [-0.15, -0.1) is 0 Å². The summed E-state index contributed by atoms with van der Waals surface area (Å²) in [7, 11) is 2.96. The summed E-state index contributed by atoms with van der Waals surface area (Å²) in [6.07, 6.45) is -0.201. The molecule has 0 N–H and O–H groups in total. The van der Waals surface area contributed by atoms with E-state index in [1.807, 2.05) is 0 Å². The molecule has 0 bridgehead atoms. The van der Waals surface area contributed by atoms with E-state index >= 15 is 0 Å². The van der Waals surface area contributed by atoms with Gasteiger partial charge in [0.2, 0.25) is 0 Å². The Balaban J connectivity index is 3.14. The minimum Gasteiger partial charge on any atom is -0.496 e. The third-order valence-electron chi connectivity index (χ3n) is 2.04. The summed E-state index contributed by atoms with van der Waals surface area (Å²) in [6.45, 7) is 3.55. The standard InChI is InChI=1S/C12H15ClO4/c1-7(2)17-12(14)8-5-9(13)11(16-4)6-10(8)15-3/h5-7H,1-4H3. The normalized spacial score (nSPS) is 10.2. The lowest BCUT2D eigenvalue weighted by Gasteiger charge is -2.13. The number of methoxy groups -OCH3 is 2. The van der Waals surface area contributed by atoms with Crippen LogP contribution >= 0.6 is 11.6 Å². The predicted octanol–water partition coefficient (Wildman–Crippen LogP) is 2.92. The molecule has 0 amide bonds. The lowest BCUT2D eigenvalue weighted by molar-refractivity contribution is 0.0374. The summed E-state index contributed by atoms with van der Waals surface area (Å²) in [5, 5.41) is 0.337. The molecule has 94 valence electrons. The van der Waals surface area contributed by atoms with Crippen LogP contribution in [0.2, 0.25) is 5.02 Å². The molecule has 0 aliphatic rings. The van der Waals surface area contributed by atoms with Crippen LogP contribution in [-0.4, -0.2) is 26.3 Å². The van der Waals surface area contributed by atoms with Crippen molar-refractivity contribution in [2.24, 2.45) is 0 Å². The Morgan fingerprint density at radius 3 is 2.24 bits per heavy atom. The first-order valence-corrected chi connectivity index (χ1v) is 5.50. The second-order valence-corrected chi connectivity index (χ2v) is 4.05. The van der Waals surface area contributed by atoms with E-state index in [1.165, 1.54) is 20.3 Å². The van der Waals surface area contributed by atoms with Crippen LogP contribution in [0.1, 0.15) is 24.2 Å². The van der Waals surface area contributed by atoms with Gasteiger partial charge in [-0.25, -0.2) is 4.79 Å². The van der Waals surface area contributed by atoms with Gasteiger partial charge in [-0.1, -0.05) is 11.6 Å². The summed E-state index contributed by atoms with van der Waals surface area (Å²) in [5.41, 5.74) is 0.284. The molecule has 0 aliphatic carbocycles. The van der Waals surface area contributed by atoms with Crippen molar-refractivity contribution in [3.05, 3.63) is 22.7 Å². The molecular formula is C12H15ClO4. The molecule has 0 spiro atoms. The van der Waals surface area contributed by atoms with Gasteiger partial charge >= 0.3 is 5.97 Å². The molecule has 0 saturated heterocycles. The minimum atomic E-state index is -0.471. The van der Waals surface area contributed by atoms with Gasteiger partial charge < -0.3 is 14.2 Å². The lowest BCUT2D eigenvalue weighted by atomic mass is 10.2. The zero-order valence-electron chi connectivity index (χ0n) is 10.2. The van der Waals surface area contributed by atoms with Crippen LogP contribution in [0, 0.1) is 0 Å². The topological polar surface area (TPSA) is 44.8 Å². The van der Waals surface area contributed by atoms with Gasteiger partial charge in [-0.3, -0.25) is 0 Å². The van der Waals surface area contributed by atoms with Crippen molar-refractivity contribution in [2.45, 2.75) is 20.0 Å². The average Bonchev–Trinajstić information content (AvgIpc) is 2.27. The highest BCUT2D eigenvalue weighted by Crippen LogP contribution is 2.32.